The summed E-state index contributed by atoms with van der Waals surface area (Å²) in [7, 11) is 0. The lowest BCUT2D eigenvalue weighted by Crippen LogP contribution is -2.53. The summed E-state index contributed by atoms with van der Waals surface area (Å²) < 4.78 is 29.9. The fourth-order valence-corrected chi connectivity index (χ4v) is 4.48. The lowest BCUT2D eigenvalue weighted by molar-refractivity contribution is -0.137. The van der Waals surface area contributed by atoms with Crippen LogP contribution in [0.5, 0.6) is 5.75 Å². The Balaban J connectivity index is 1.41. The first kappa shape index (κ1) is 19.8. The first-order valence-electron chi connectivity index (χ1n) is 10.1. The van der Waals surface area contributed by atoms with Gasteiger partial charge < -0.3 is 10.0 Å². The number of carbonyl (C=O) groups is 1. The van der Waals surface area contributed by atoms with E-state index in [1.54, 1.807) is 21.9 Å². The molecule has 1 unspecified atom stereocenters. The third-order valence-electron chi connectivity index (χ3n) is 6.13. The van der Waals surface area contributed by atoms with Gasteiger partial charge in [0.05, 0.1) is 18.5 Å². The van der Waals surface area contributed by atoms with E-state index in [1.807, 2.05) is 31.2 Å². The zero-order valence-corrected chi connectivity index (χ0v) is 16.5. The average molecular weight is 400 g/mol. The molecule has 2 atom stereocenters. The lowest BCUT2D eigenvalue weighted by atomic mass is 9.85. The minimum absolute atomic E-state index is 0.0514. The number of piperidine rings is 1. The van der Waals surface area contributed by atoms with Crippen molar-refractivity contribution < 1.29 is 18.7 Å². The summed E-state index contributed by atoms with van der Waals surface area (Å²) in [6.07, 6.45) is 0.879. The van der Waals surface area contributed by atoms with Crippen molar-refractivity contribution in [3.8, 4) is 5.75 Å². The zero-order valence-electron chi connectivity index (χ0n) is 16.5. The summed E-state index contributed by atoms with van der Waals surface area (Å²) >= 11 is 0. The summed E-state index contributed by atoms with van der Waals surface area (Å²) in [4.78, 5) is 16.3. The molecule has 2 aromatic carbocycles. The van der Waals surface area contributed by atoms with Crippen molar-refractivity contribution in [3.05, 3.63) is 65.2 Å². The minimum atomic E-state index is -2.92. The van der Waals surface area contributed by atoms with Crippen molar-refractivity contribution in [2.75, 3.05) is 19.6 Å². The number of hydrogen-bond acceptors (Lipinski definition) is 3. The predicted molar refractivity (Wildman–Crippen MR) is 107 cm³/mol. The van der Waals surface area contributed by atoms with E-state index in [4.69, 9.17) is 0 Å². The highest BCUT2D eigenvalue weighted by molar-refractivity contribution is 5.84. The normalized spacial score (nSPS) is 24.8. The van der Waals surface area contributed by atoms with Crippen LogP contribution in [-0.4, -0.2) is 52.4 Å². The van der Waals surface area contributed by atoms with E-state index in [-0.39, 0.29) is 11.7 Å². The Kier molecular flexibility index (Phi) is 5.30. The molecule has 1 N–H and O–H groups in total. The molecule has 2 aliphatic heterocycles. The Morgan fingerprint density at radius 2 is 1.72 bits per heavy atom. The standard InChI is InChI=1S/C23H26F2N2O2/c1-16-2-4-17(5-3-16)14-26-13-11-21(22(26)29)27-12-10-20(23(24,25)15-27)18-6-8-19(28)9-7-18/h2-9,20-21,28H,10-15H2,1H3/t20?,21-/m0/s1. The molecule has 2 aromatic rings. The first-order valence-corrected chi connectivity index (χ1v) is 10.1. The molecule has 2 aliphatic rings. The van der Waals surface area contributed by atoms with Gasteiger partial charge in [-0.25, -0.2) is 8.78 Å². The highest BCUT2D eigenvalue weighted by Gasteiger charge is 2.49. The van der Waals surface area contributed by atoms with Crippen LogP contribution in [0.25, 0.3) is 0 Å². The molecule has 4 rings (SSSR count). The SMILES string of the molecule is Cc1ccc(CN2CC[C@H](N3CCC(c4ccc(O)cc4)C(F)(F)C3)C2=O)cc1. The van der Waals surface area contributed by atoms with Gasteiger partial charge in [0.2, 0.25) is 5.91 Å². The number of alkyl halides is 2. The molecule has 2 fully saturated rings. The number of halogens is 2. The minimum Gasteiger partial charge on any atom is -0.508 e. The second-order valence-corrected chi connectivity index (χ2v) is 8.21. The van der Waals surface area contributed by atoms with Crippen molar-refractivity contribution in [3.63, 3.8) is 0 Å². The Morgan fingerprint density at radius 1 is 1.03 bits per heavy atom. The number of rotatable bonds is 4. The summed E-state index contributed by atoms with van der Waals surface area (Å²) in [5.74, 6) is -3.79. The van der Waals surface area contributed by atoms with E-state index < -0.39 is 24.4 Å². The molecule has 0 aromatic heterocycles. The Labute approximate surface area is 169 Å². The Bertz CT molecular complexity index is 867. The van der Waals surface area contributed by atoms with Gasteiger partial charge in [-0.1, -0.05) is 42.0 Å². The van der Waals surface area contributed by atoms with Crippen molar-refractivity contribution in [2.45, 2.75) is 44.2 Å². The van der Waals surface area contributed by atoms with Gasteiger partial charge in [0.25, 0.3) is 5.92 Å². The lowest BCUT2D eigenvalue weighted by Gasteiger charge is -2.40. The zero-order chi connectivity index (χ0) is 20.6. The summed E-state index contributed by atoms with van der Waals surface area (Å²) in [5, 5.41) is 9.41. The van der Waals surface area contributed by atoms with Crippen LogP contribution >= 0.6 is 0 Å². The number of benzene rings is 2. The monoisotopic (exact) mass is 400 g/mol. The van der Waals surface area contributed by atoms with E-state index in [9.17, 15) is 18.7 Å². The molecule has 4 nitrogen and oxygen atoms in total. The van der Waals surface area contributed by atoms with Crippen LogP contribution in [0.15, 0.2) is 48.5 Å². The van der Waals surface area contributed by atoms with Crippen molar-refractivity contribution in [2.24, 2.45) is 0 Å². The topological polar surface area (TPSA) is 43.8 Å². The molecule has 0 radical (unpaired) electrons. The Morgan fingerprint density at radius 3 is 2.38 bits per heavy atom. The second-order valence-electron chi connectivity index (χ2n) is 8.21. The van der Waals surface area contributed by atoms with Gasteiger partial charge in [-0.3, -0.25) is 9.69 Å². The van der Waals surface area contributed by atoms with Crippen molar-refractivity contribution >= 4 is 5.91 Å². The van der Waals surface area contributed by atoms with Crippen LogP contribution in [0.4, 0.5) is 8.78 Å². The fraction of sp³-hybridized carbons (Fsp3) is 0.435. The molecule has 1 amide bonds. The smallest absolute Gasteiger partial charge is 0.267 e. The second kappa shape index (κ2) is 7.75. The van der Waals surface area contributed by atoms with E-state index in [1.165, 1.54) is 12.1 Å². The average Bonchev–Trinajstić information content (AvgIpc) is 3.04. The summed E-state index contributed by atoms with van der Waals surface area (Å²) in [6, 6.07) is 13.6. The number of aryl methyl sites for hydroxylation is 1. The summed E-state index contributed by atoms with van der Waals surface area (Å²) in [6.45, 7) is 3.20. The molecule has 29 heavy (non-hydrogen) atoms. The quantitative estimate of drug-likeness (QED) is 0.846. The molecule has 0 aliphatic carbocycles. The largest absolute Gasteiger partial charge is 0.508 e. The van der Waals surface area contributed by atoms with Crippen molar-refractivity contribution in [1.82, 2.24) is 9.80 Å². The molecule has 0 spiro atoms. The van der Waals surface area contributed by atoms with Gasteiger partial charge >= 0.3 is 0 Å². The number of amides is 1. The van der Waals surface area contributed by atoms with Crippen molar-refractivity contribution in [1.29, 1.82) is 0 Å². The van der Waals surface area contributed by atoms with Gasteiger partial charge in [-0.15, -0.1) is 0 Å². The number of hydrogen-bond donors (Lipinski definition) is 1. The molecule has 0 saturated carbocycles. The highest BCUT2D eigenvalue weighted by atomic mass is 19.3. The third-order valence-corrected chi connectivity index (χ3v) is 6.13. The molecular formula is C23H26F2N2O2. The molecule has 2 saturated heterocycles. The van der Waals surface area contributed by atoms with Crippen LogP contribution in [0, 0.1) is 6.92 Å². The van der Waals surface area contributed by atoms with Gasteiger partial charge in [-0.05, 0) is 49.6 Å². The van der Waals surface area contributed by atoms with Crippen LogP contribution in [-0.2, 0) is 11.3 Å². The van der Waals surface area contributed by atoms with Gasteiger partial charge in [0.1, 0.15) is 5.75 Å². The number of carbonyl (C=O) groups excluding carboxylic acids is 1. The molecule has 154 valence electrons. The third kappa shape index (κ3) is 4.13. The molecule has 2 heterocycles. The number of aromatic hydroxyl groups is 1. The predicted octanol–water partition coefficient (Wildman–Crippen LogP) is 3.93. The number of nitrogens with zero attached hydrogens (tertiary/aromatic N) is 2. The maximum absolute atomic E-state index is 14.9. The highest BCUT2D eigenvalue weighted by Crippen LogP contribution is 2.42. The van der Waals surface area contributed by atoms with E-state index in [0.717, 1.165) is 11.1 Å². The van der Waals surface area contributed by atoms with Crippen LogP contribution in [0.1, 0.15) is 35.4 Å². The Hall–Kier alpha value is -2.47. The van der Waals surface area contributed by atoms with Crippen LogP contribution in [0.2, 0.25) is 0 Å². The molecule has 0 bridgehead atoms. The number of phenolic OH excluding ortho intramolecular Hbond substituents is 1. The molecular weight excluding hydrogens is 374 g/mol. The fourth-order valence-electron chi connectivity index (χ4n) is 4.48. The number of likely N-dealkylation sites (tertiary alicyclic amines) is 2. The maximum Gasteiger partial charge on any atom is 0.267 e. The van der Waals surface area contributed by atoms with Gasteiger partial charge in [0.15, 0.2) is 0 Å². The number of phenols is 1. The van der Waals surface area contributed by atoms with Gasteiger partial charge in [0, 0.05) is 13.1 Å². The van der Waals surface area contributed by atoms with E-state index >= 15 is 0 Å². The van der Waals surface area contributed by atoms with Crippen LogP contribution in [0.3, 0.4) is 0 Å². The molecule has 6 heteroatoms. The van der Waals surface area contributed by atoms with Crippen LogP contribution < -0.4 is 0 Å². The maximum atomic E-state index is 14.9. The first-order chi connectivity index (χ1) is 13.8. The summed E-state index contributed by atoms with van der Waals surface area (Å²) in [5.41, 5.74) is 2.75. The van der Waals surface area contributed by atoms with E-state index in [2.05, 4.69) is 0 Å². The van der Waals surface area contributed by atoms with Gasteiger partial charge in [-0.2, -0.15) is 0 Å². The van der Waals surface area contributed by atoms with E-state index in [0.29, 0.717) is 38.0 Å².